The zero-order valence-electron chi connectivity index (χ0n) is 12.8. The third-order valence-electron chi connectivity index (χ3n) is 3.61. The predicted molar refractivity (Wildman–Crippen MR) is 79.8 cm³/mol. The van der Waals surface area contributed by atoms with Crippen LogP contribution in [0.2, 0.25) is 0 Å². The standard InChI is InChI=1S/C17H26O3/c1-17(2,3)20-12-11-19-15-10-6-8-13-7-4-5-9-14(13)16(15)18/h4-5,7,9,15-16,18H,6,8,10-12H2,1-3H3. The van der Waals surface area contributed by atoms with E-state index in [9.17, 15) is 5.11 Å². The number of fused-ring (bicyclic) bond motifs is 1. The minimum Gasteiger partial charge on any atom is -0.386 e. The summed E-state index contributed by atoms with van der Waals surface area (Å²) in [6, 6.07) is 8.12. The monoisotopic (exact) mass is 278 g/mol. The maximum Gasteiger partial charge on any atom is 0.105 e. The minimum atomic E-state index is -0.525. The molecule has 0 fully saturated rings. The number of rotatable bonds is 4. The summed E-state index contributed by atoms with van der Waals surface area (Å²) < 4.78 is 11.5. The van der Waals surface area contributed by atoms with Gasteiger partial charge in [-0.15, -0.1) is 0 Å². The highest BCUT2D eigenvalue weighted by Crippen LogP contribution is 2.30. The van der Waals surface area contributed by atoms with Gasteiger partial charge in [0.2, 0.25) is 0 Å². The Kier molecular flexibility index (Phi) is 5.19. The van der Waals surface area contributed by atoms with E-state index in [-0.39, 0.29) is 11.7 Å². The van der Waals surface area contributed by atoms with Crippen LogP contribution in [-0.4, -0.2) is 30.0 Å². The molecule has 20 heavy (non-hydrogen) atoms. The van der Waals surface area contributed by atoms with Crippen molar-refractivity contribution in [2.75, 3.05) is 13.2 Å². The molecule has 1 aliphatic rings. The van der Waals surface area contributed by atoms with Gasteiger partial charge in [0.25, 0.3) is 0 Å². The van der Waals surface area contributed by atoms with E-state index in [1.807, 2.05) is 39.0 Å². The average Bonchev–Trinajstić information content (AvgIpc) is 2.54. The number of ether oxygens (including phenoxy) is 2. The van der Waals surface area contributed by atoms with E-state index in [4.69, 9.17) is 9.47 Å². The lowest BCUT2D eigenvalue weighted by Crippen LogP contribution is -2.26. The summed E-state index contributed by atoms with van der Waals surface area (Å²) in [5.41, 5.74) is 2.13. The van der Waals surface area contributed by atoms with Crippen LogP contribution in [0.5, 0.6) is 0 Å². The van der Waals surface area contributed by atoms with Gasteiger partial charge in [0.1, 0.15) is 6.10 Å². The Morgan fingerprint density at radius 3 is 2.70 bits per heavy atom. The molecule has 0 aliphatic heterocycles. The maximum absolute atomic E-state index is 10.5. The van der Waals surface area contributed by atoms with E-state index in [0.717, 1.165) is 24.8 Å². The second-order valence-electron chi connectivity index (χ2n) is 6.41. The van der Waals surface area contributed by atoms with Crippen LogP contribution in [0.1, 0.15) is 50.8 Å². The summed E-state index contributed by atoms with van der Waals surface area (Å²) in [6.07, 6.45) is 2.32. The topological polar surface area (TPSA) is 38.7 Å². The van der Waals surface area contributed by atoms with Gasteiger partial charge < -0.3 is 14.6 Å². The van der Waals surface area contributed by atoms with E-state index < -0.39 is 6.10 Å². The van der Waals surface area contributed by atoms with Gasteiger partial charge in [0.05, 0.1) is 24.9 Å². The molecule has 3 nitrogen and oxygen atoms in total. The summed E-state index contributed by atoms with van der Waals surface area (Å²) in [7, 11) is 0. The number of hydrogen-bond donors (Lipinski definition) is 1. The molecule has 0 saturated carbocycles. The van der Waals surface area contributed by atoms with Gasteiger partial charge >= 0.3 is 0 Å². The van der Waals surface area contributed by atoms with Crippen molar-refractivity contribution >= 4 is 0 Å². The summed E-state index contributed by atoms with van der Waals surface area (Å²) in [6.45, 7) is 7.19. The van der Waals surface area contributed by atoms with Gasteiger partial charge in [0.15, 0.2) is 0 Å². The van der Waals surface area contributed by atoms with E-state index >= 15 is 0 Å². The zero-order valence-corrected chi connectivity index (χ0v) is 12.8. The molecular formula is C17H26O3. The Hall–Kier alpha value is -0.900. The Balaban J connectivity index is 1.90. The highest BCUT2D eigenvalue weighted by molar-refractivity contribution is 5.30. The SMILES string of the molecule is CC(C)(C)OCCOC1CCCc2ccccc2C1O. The van der Waals surface area contributed by atoms with Crippen molar-refractivity contribution < 1.29 is 14.6 Å². The fourth-order valence-corrected chi connectivity index (χ4v) is 2.62. The van der Waals surface area contributed by atoms with Crippen molar-refractivity contribution in [3.63, 3.8) is 0 Å². The van der Waals surface area contributed by atoms with Crippen LogP contribution >= 0.6 is 0 Å². The molecule has 1 aromatic carbocycles. The number of aliphatic hydroxyl groups is 1. The van der Waals surface area contributed by atoms with Gasteiger partial charge in [-0.2, -0.15) is 0 Å². The molecule has 0 spiro atoms. The second-order valence-corrected chi connectivity index (χ2v) is 6.41. The summed E-state index contributed by atoms with van der Waals surface area (Å²) >= 11 is 0. The highest BCUT2D eigenvalue weighted by atomic mass is 16.5. The molecule has 3 heteroatoms. The Labute approximate surface area is 121 Å². The molecule has 1 aliphatic carbocycles. The third kappa shape index (κ3) is 4.30. The number of aliphatic hydroxyl groups excluding tert-OH is 1. The van der Waals surface area contributed by atoms with Gasteiger partial charge in [0, 0.05) is 0 Å². The van der Waals surface area contributed by atoms with Gasteiger partial charge in [-0.3, -0.25) is 0 Å². The lowest BCUT2D eigenvalue weighted by Gasteiger charge is -2.24. The lowest BCUT2D eigenvalue weighted by atomic mass is 10.0. The van der Waals surface area contributed by atoms with Crippen LogP contribution in [-0.2, 0) is 15.9 Å². The van der Waals surface area contributed by atoms with Gasteiger partial charge in [-0.05, 0) is 51.2 Å². The molecule has 2 rings (SSSR count). The quantitative estimate of drug-likeness (QED) is 0.678. The molecule has 112 valence electrons. The smallest absolute Gasteiger partial charge is 0.105 e. The van der Waals surface area contributed by atoms with Gasteiger partial charge in [-0.25, -0.2) is 0 Å². The second kappa shape index (κ2) is 6.70. The number of aryl methyl sites for hydroxylation is 1. The van der Waals surface area contributed by atoms with Crippen molar-refractivity contribution in [3.05, 3.63) is 35.4 Å². The van der Waals surface area contributed by atoms with Crippen LogP contribution in [0.25, 0.3) is 0 Å². The van der Waals surface area contributed by atoms with Crippen LogP contribution in [0.15, 0.2) is 24.3 Å². The lowest BCUT2D eigenvalue weighted by molar-refractivity contribution is -0.0833. The first kappa shape index (κ1) is 15.5. The van der Waals surface area contributed by atoms with Crippen LogP contribution < -0.4 is 0 Å². The Bertz CT molecular complexity index is 422. The first-order valence-electron chi connectivity index (χ1n) is 7.49. The van der Waals surface area contributed by atoms with Crippen molar-refractivity contribution in [2.45, 2.75) is 57.8 Å². The van der Waals surface area contributed by atoms with Crippen molar-refractivity contribution in [1.82, 2.24) is 0 Å². The van der Waals surface area contributed by atoms with Crippen molar-refractivity contribution in [2.24, 2.45) is 0 Å². The average molecular weight is 278 g/mol. The van der Waals surface area contributed by atoms with E-state index in [0.29, 0.717) is 13.2 Å². The predicted octanol–water partition coefficient (Wildman–Crippen LogP) is 3.26. The van der Waals surface area contributed by atoms with Crippen molar-refractivity contribution in [1.29, 1.82) is 0 Å². The summed E-state index contributed by atoms with van der Waals surface area (Å²) in [5.74, 6) is 0. The van der Waals surface area contributed by atoms with E-state index in [1.54, 1.807) is 0 Å². The molecule has 0 radical (unpaired) electrons. The number of hydrogen-bond acceptors (Lipinski definition) is 3. The molecule has 0 amide bonds. The molecule has 0 heterocycles. The first-order chi connectivity index (χ1) is 9.47. The van der Waals surface area contributed by atoms with Crippen LogP contribution in [0, 0.1) is 0 Å². The molecule has 2 unspecified atom stereocenters. The number of benzene rings is 1. The molecule has 0 aromatic heterocycles. The molecular weight excluding hydrogens is 252 g/mol. The molecule has 1 aromatic rings. The van der Waals surface area contributed by atoms with E-state index in [2.05, 4.69) is 6.07 Å². The zero-order chi connectivity index (χ0) is 14.6. The summed E-state index contributed by atoms with van der Waals surface area (Å²) in [4.78, 5) is 0. The molecule has 0 saturated heterocycles. The first-order valence-corrected chi connectivity index (χ1v) is 7.49. The Morgan fingerprint density at radius 1 is 1.20 bits per heavy atom. The third-order valence-corrected chi connectivity index (χ3v) is 3.61. The molecule has 2 atom stereocenters. The maximum atomic E-state index is 10.5. The largest absolute Gasteiger partial charge is 0.386 e. The minimum absolute atomic E-state index is 0.123. The fourth-order valence-electron chi connectivity index (χ4n) is 2.62. The highest BCUT2D eigenvalue weighted by Gasteiger charge is 2.26. The molecule has 1 N–H and O–H groups in total. The molecule has 0 bridgehead atoms. The van der Waals surface area contributed by atoms with E-state index in [1.165, 1.54) is 5.56 Å². The van der Waals surface area contributed by atoms with Crippen molar-refractivity contribution in [3.8, 4) is 0 Å². The summed E-state index contributed by atoms with van der Waals surface area (Å²) in [5, 5.41) is 10.5. The Morgan fingerprint density at radius 2 is 1.95 bits per heavy atom. The normalized spacial score (nSPS) is 23.2. The van der Waals surface area contributed by atoms with Crippen LogP contribution in [0.3, 0.4) is 0 Å². The van der Waals surface area contributed by atoms with Gasteiger partial charge in [-0.1, -0.05) is 24.3 Å². The fraction of sp³-hybridized carbons (Fsp3) is 0.647. The van der Waals surface area contributed by atoms with Crippen LogP contribution in [0.4, 0.5) is 0 Å².